The highest BCUT2D eigenvalue weighted by atomic mass is 35.5. The van der Waals surface area contributed by atoms with Gasteiger partial charge in [-0.2, -0.15) is 0 Å². The van der Waals surface area contributed by atoms with Gasteiger partial charge in [0.15, 0.2) is 6.04 Å². The van der Waals surface area contributed by atoms with E-state index in [4.69, 9.17) is 25.8 Å². The number of hydrogen-bond acceptors (Lipinski definition) is 7. The van der Waals surface area contributed by atoms with E-state index in [1.54, 1.807) is 32.2 Å². The second kappa shape index (κ2) is 11.8. The number of rotatable bonds is 8. The Labute approximate surface area is 220 Å². The summed E-state index contributed by atoms with van der Waals surface area (Å²) in [7, 11) is 0. The molecule has 0 radical (unpaired) electrons. The summed E-state index contributed by atoms with van der Waals surface area (Å²) in [5.74, 6) is -1.74. The molecule has 0 aromatic heterocycles. The molecule has 0 spiro atoms. The normalized spacial score (nSPS) is 14.0. The maximum atomic E-state index is 13.1. The number of esters is 3. The highest BCUT2D eigenvalue weighted by molar-refractivity contribution is 6.34. The second-order valence-electron chi connectivity index (χ2n) is 8.30. The first-order valence-corrected chi connectivity index (χ1v) is 12.2. The summed E-state index contributed by atoms with van der Waals surface area (Å²) < 4.78 is 16.2. The fourth-order valence-corrected chi connectivity index (χ4v) is 4.38. The summed E-state index contributed by atoms with van der Waals surface area (Å²) in [4.78, 5) is 38.3. The molecular formula is C29H26ClNO6. The average Bonchev–Trinajstić information content (AvgIpc) is 2.89. The Morgan fingerprint density at radius 3 is 2.43 bits per heavy atom. The first kappa shape index (κ1) is 26.0. The van der Waals surface area contributed by atoms with Crippen LogP contribution in [0.3, 0.4) is 0 Å². The molecule has 1 heterocycles. The van der Waals surface area contributed by atoms with E-state index in [2.05, 4.69) is 5.32 Å². The summed E-state index contributed by atoms with van der Waals surface area (Å²) >= 11 is 6.16. The van der Waals surface area contributed by atoms with E-state index in [9.17, 15) is 14.4 Å². The number of carbonyl (C=O) groups is 3. The fourth-order valence-electron chi connectivity index (χ4n) is 4.10. The van der Waals surface area contributed by atoms with Crippen molar-refractivity contribution in [3.8, 4) is 0 Å². The predicted octanol–water partition coefficient (Wildman–Crippen LogP) is 5.41. The Morgan fingerprint density at radius 1 is 0.946 bits per heavy atom. The quantitative estimate of drug-likeness (QED) is 0.314. The average molecular weight is 520 g/mol. The molecule has 37 heavy (non-hydrogen) atoms. The van der Waals surface area contributed by atoms with Gasteiger partial charge in [-0.15, -0.1) is 0 Å². The smallest absolute Gasteiger partial charge is 0.346 e. The van der Waals surface area contributed by atoms with Crippen molar-refractivity contribution in [1.82, 2.24) is 5.32 Å². The molecule has 7 nitrogen and oxygen atoms in total. The van der Waals surface area contributed by atoms with Crippen LogP contribution in [0.25, 0.3) is 5.76 Å². The van der Waals surface area contributed by atoms with Gasteiger partial charge in [0, 0.05) is 18.2 Å². The van der Waals surface area contributed by atoms with Crippen molar-refractivity contribution >= 4 is 35.3 Å². The van der Waals surface area contributed by atoms with E-state index in [0.717, 1.165) is 17.5 Å². The Hall–Kier alpha value is -4.10. The van der Waals surface area contributed by atoms with Crippen molar-refractivity contribution < 1.29 is 28.6 Å². The zero-order chi connectivity index (χ0) is 26.4. The van der Waals surface area contributed by atoms with E-state index in [1.165, 1.54) is 12.1 Å². The minimum Gasteiger partial charge on any atom is -0.491 e. The molecule has 0 saturated carbocycles. The number of halogens is 1. The highest BCUT2D eigenvalue weighted by Crippen LogP contribution is 2.31. The third-order valence-corrected chi connectivity index (χ3v) is 6.27. The monoisotopic (exact) mass is 519 g/mol. The molecule has 1 aliphatic rings. The Kier molecular flexibility index (Phi) is 8.25. The molecule has 190 valence electrons. The van der Waals surface area contributed by atoms with Gasteiger partial charge in [0.25, 0.3) is 0 Å². The number of carbonyl (C=O) groups excluding carboxylic acids is 3. The van der Waals surface area contributed by atoms with Gasteiger partial charge in [-0.3, -0.25) is 0 Å². The summed E-state index contributed by atoms with van der Waals surface area (Å²) in [5, 5.41) is 3.14. The molecule has 0 amide bonds. The van der Waals surface area contributed by atoms with Crippen molar-refractivity contribution in [2.45, 2.75) is 26.3 Å². The lowest BCUT2D eigenvalue weighted by molar-refractivity contribution is -0.140. The van der Waals surface area contributed by atoms with Gasteiger partial charge in [-0.25, -0.2) is 14.4 Å². The number of fused-ring (bicyclic) bond motifs is 1. The largest absolute Gasteiger partial charge is 0.491 e. The van der Waals surface area contributed by atoms with Gasteiger partial charge in [-0.05, 0) is 42.7 Å². The summed E-state index contributed by atoms with van der Waals surface area (Å²) in [6.45, 7) is 3.83. The molecule has 3 aromatic rings. The van der Waals surface area contributed by atoms with E-state index in [0.29, 0.717) is 17.9 Å². The van der Waals surface area contributed by atoms with Gasteiger partial charge in [0.1, 0.15) is 5.76 Å². The van der Waals surface area contributed by atoms with Crippen LogP contribution in [0.4, 0.5) is 0 Å². The van der Waals surface area contributed by atoms with Crippen LogP contribution in [0.1, 0.15) is 55.9 Å². The molecule has 8 heteroatoms. The summed E-state index contributed by atoms with van der Waals surface area (Å²) in [6.07, 6.45) is 2.34. The SMILES string of the molecule is CCOC(=O)c1c(Cl)ccc(C(=O)OC(=O)C2NC=C(OCCc3ccccc3)c3ccccc32)c1C. The molecule has 4 rings (SSSR count). The lowest BCUT2D eigenvalue weighted by atomic mass is 9.96. The zero-order valence-electron chi connectivity index (χ0n) is 20.5. The Morgan fingerprint density at radius 2 is 1.68 bits per heavy atom. The van der Waals surface area contributed by atoms with Crippen molar-refractivity contribution in [3.63, 3.8) is 0 Å². The van der Waals surface area contributed by atoms with Gasteiger partial charge in [0.2, 0.25) is 0 Å². The van der Waals surface area contributed by atoms with Crippen LogP contribution in [0, 0.1) is 6.92 Å². The predicted molar refractivity (Wildman–Crippen MR) is 139 cm³/mol. The molecule has 3 aromatic carbocycles. The fraction of sp³-hybridized carbons (Fsp3) is 0.207. The van der Waals surface area contributed by atoms with Crippen LogP contribution < -0.4 is 5.32 Å². The summed E-state index contributed by atoms with van der Waals surface area (Å²) in [5.41, 5.74) is 2.89. The van der Waals surface area contributed by atoms with Crippen molar-refractivity contribution in [3.05, 3.63) is 111 Å². The van der Waals surface area contributed by atoms with Gasteiger partial charge in [0.05, 0.1) is 29.4 Å². The van der Waals surface area contributed by atoms with E-state index in [1.807, 2.05) is 42.5 Å². The lowest BCUT2D eigenvalue weighted by Gasteiger charge is -2.25. The molecule has 0 fully saturated rings. The number of nitrogens with one attached hydrogen (secondary N) is 1. The first-order chi connectivity index (χ1) is 17.9. The minimum absolute atomic E-state index is 0.0466. The minimum atomic E-state index is -0.918. The Bertz CT molecular complexity index is 1350. The second-order valence-corrected chi connectivity index (χ2v) is 8.71. The van der Waals surface area contributed by atoms with E-state index in [-0.39, 0.29) is 28.3 Å². The molecule has 1 aliphatic heterocycles. The van der Waals surface area contributed by atoms with Crippen LogP contribution >= 0.6 is 11.6 Å². The maximum Gasteiger partial charge on any atom is 0.346 e. The molecule has 0 aliphatic carbocycles. The molecular weight excluding hydrogens is 494 g/mol. The maximum absolute atomic E-state index is 13.1. The molecule has 1 unspecified atom stereocenters. The van der Waals surface area contributed by atoms with Gasteiger partial charge < -0.3 is 19.5 Å². The summed E-state index contributed by atoms with van der Waals surface area (Å²) in [6, 6.07) is 19.2. The number of benzene rings is 3. The third-order valence-electron chi connectivity index (χ3n) is 5.95. The Balaban J connectivity index is 1.48. The van der Waals surface area contributed by atoms with Gasteiger partial charge >= 0.3 is 17.9 Å². The molecule has 0 saturated heterocycles. The number of hydrogen-bond donors (Lipinski definition) is 1. The van der Waals surface area contributed by atoms with Crippen LogP contribution in [0.2, 0.25) is 5.02 Å². The topological polar surface area (TPSA) is 90.9 Å². The lowest BCUT2D eigenvalue weighted by Crippen LogP contribution is -2.32. The highest BCUT2D eigenvalue weighted by Gasteiger charge is 2.31. The van der Waals surface area contributed by atoms with Crippen LogP contribution in [-0.2, 0) is 25.4 Å². The van der Waals surface area contributed by atoms with Crippen LogP contribution in [-0.4, -0.2) is 31.1 Å². The molecule has 1 N–H and O–H groups in total. The van der Waals surface area contributed by atoms with Crippen molar-refractivity contribution in [2.75, 3.05) is 13.2 Å². The van der Waals surface area contributed by atoms with E-state index >= 15 is 0 Å². The van der Waals surface area contributed by atoms with Crippen LogP contribution in [0.5, 0.6) is 0 Å². The van der Waals surface area contributed by atoms with Crippen LogP contribution in [0.15, 0.2) is 72.9 Å². The van der Waals surface area contributed by atoms with Crippen molar-refractivity contribution in [2.24, 2.45) is 0 Å². The standard InChI is InChI=1S/C29H26ClNO6/c1-3-35-28(33)25-18(2)20(13-14-23(25)30)27(32)37-29(34)26-22-12-8-7-11-21(22)24(17-31-26)36-16-15-19-9-5-4-6-10-19/h4-14,17,26,31H,3,15-16H2,1-2H3. The van der Waals surface area contributed by atoms with E-state index < -0.39 is 23.9 Å². The third kappa shape index (κ3) is 5.84. The van der Waals surface area contributed by atoms with Gasteiger partial charge in [-0.1, -0.05) is 66.2 Å². The zero-order valence-corrected chi connectivity index (χ0v) is 21.2. The molecule has 1 atom stereocenters. The molecule has 0 bridgehead atoms. The number of ether oxygens (including phenoxy) is 3. The first-order valence-electron chi connectivity index (χ1n) is 11.8. The van der Waals surface area contributed by atoms with Crippen molar-refractivity contribution in [1.29, 1.82) is 0 Å².